The van der Waals surface area contributed by atoms with Gasteiger partial charge in [0, 0.05) is 56.0 Å². The van der Waals surface area contributed by atoms with Crippen molar-refractivity contribution < 1.29 is 27.4 Å². The molecule has 0 radical (unpaired) electrons. The van der Waals surface area contributed by atoms with Crippen molar-refractivity contribution >= 4 is 72.2 Å². The van der Waals surface area contributed by atoms with E-state index in [4.69, 9.17) is 14.2 Å². The third kappa shape index (κ3) is 12.9. The van der Waals surface area contributed by atoms with Crippen molar-refractivity contribution in [1.82, 2.24) is 0 Å². The van der Waals surface area contributed by atoms with Gasteiger partial charge in [-0.05, 0) is 208 Å². The van der Waals surface area contributed by atoms with Gasteiger partial charge in [-0.15, -0.1) is 0 Å². The Kier molecular flexibility index (Phi) is 15.5. The molecular formula is C66H62F3O3S3+3. The lowest BCUT2D eigenvalue weighted by Crippen LogP contribution is -2.23. The standard InChI is InChI=1S/C30H39O3S.C18H11F2S.C18H12FS/c1-28(2,3)31-22-10-16-25(17-11-22)34(26-18-12-23(13-19-26)32-29(4,5)6)27-20-14-24(15-21-27)33-30(7,8)9;19-12-6-8-17-15(10-12)16-11-13(20)7-9-18(16)21(17)14-4-2-1-3-5-14;19-13-9-11-14(12-10-13)20-17-7-3-1-5-15(17)16-6-2-4-8-18(16)20/h10-21H,1-9H3;1-11H;1-12H/q3*+1. The van der Waals surface area contributed by atoms with Crippen LogP contribution < -0.4 is 14.2 Å². The van der Waals surface area contributed by atoms with Gasteiger partial charge in [0.25, 0.3) is 0 Å². The zero-order valence-electron chi connectivity index (χ0n) is 43.8. The Labute approximate surface area is 447 Å². The lowest BCUT2D eigenvalue weighted by atomic mass is 10.1. The summed E-state index contributed by atoms with van der Waals surface area (Å²) in [5, 5.41) is 4.21. The van der Waals surface area contributed by atoms with Crippen LogP contribution in [0.2, 0.25) is 0 Å². The molecule has 9 heteroatoms. The second kappa shape index (κ2) is 22.0. The van der Waals surface area contributed by atoms with Crippen molar-refractivity contribution in [2.45, 2.75) is 93.8 Å². The fraction of sp³-hybridized carbons (Fsp3) is 0.182. The summed E-state index contributed by atoms with van der Waals surface area (Å²) in [5.74, 6) is 1.87. The zero-order chi connectivity index (χ0) is 53.1. The second-order valence-corrected chi connectivity index (χ2v) is 27.0. The zero-order valence-corrected chi connectivity index (χ0v) is 46.2. The molecule has 0 spiro atoms. The van der Waals surface area contributed by atoms with Gasteiger partial charge in [0.2, 0.25) is 0 Å². The van der Waals surface area contributed by atoms with Crippen LogP contribution in [-0.2, 0) is 10.9 Å². The van der Waals surface area contributed by atoms with E-state index in [2.05, 4.69) is 196 Å². The summed E-state index contributed by atoms with van der Waals surface area (Å²) in [6, 6.07) is 69.0. The minimum atomic E-state index is -0.290. The largest absolute Gasteiger partial charge is 0.488 e. The highest BCUT2D eigenvalue weighted by atomic mass is 32.2. The molecule has 0 saturated heterocycles. The average Bonchev–Trinajstić information content (AvgIpc) is 3.87. The summed E-state index contributed by atoms with van der Waals surface area (Å²) in [7, 11) is -0.681. The van der Waals surface area contributed by atoms with Crippen molar-refractivity contribution in [2.75, 3.05) is 0 Å². The van der Waals surface area contributed by atoms with Crippen LogP contribution in [0.1, 0.15) is 62.3 Å². The Morgan fingerprint density at radius 2 is 0.613 bits per heavy atom. The maximum absolute atomic E-state index is 13.6. The first kappa shape index (κ1) is 52.8. The first-order chi connectivity index (χ1) is 35.8. The Morgan fingerprint density at radius 1 is 0.307 bits per heavy atom. The van der Waals surface area contributed by atoms with E-state index in [1.807, 2.05) is 42.5 Å². The average molecular weight is 1060 g/mol. The van der Waals surface area contributed by atoms with E-state index in [0.29, 0.717) is 0 Å². The summed E-state index contributed by atoms with van der Waals surface area (Å²) < 4.78 is 63.3. The van der Waals surface area contributed by atoms with Gasteiger partial charge in [0.1, 0.15) is 51.5 Å². The third-order valence-electron chi connectivity index (χ3n) is 11.6. The van der Waals surface area contributed by atoms with Gasteiger partial charge in [0.15, 0.2) is 43.3 Å². The molecule has 0 N–H and O–H groups in total. The van der Waals surface area contributed by atoms with Crippen LogP contribution in [0, 0.1) is 17.5 Å². The fourth-order valence-corrected chi connectivity index (χ4v) is 15.6. The topological polar surface area (TPSA) is 27.7 Å². The molecule has 2 heterocycles. The molecular weight excluding hydrogens is 994 g/mol. The maximum atomic E-state index is 13.6. The number of benzene rings is 9. The number of thiophene rings is 2. The molecule has 0 unspecified atom stereocenters. The molecule has 11 rings (SSSR count). The fourth-order valence-electron chi connectivity index (χ4n) is 8.79. The molecule has 0 amide bonds. The van der Waals surface area contributed by atoms with Crippen LogP contribution in [0.15, 0.2) is 227 Å². The van der Waals surface area contributed by atoms with Crippen molar-refractivity contribution in [3.05, 3.63) is 230 Å². The molecule has 0 saturated carbocycles. The highest BCUT2D eigenvalue weighted by molar-refractivity contribution is 7.97. The van der Waals surface area contributed by atoms with Gasteiger partial charge in [-0.1, -0.05) is 42.5 Å². The van der Waals surface area contributed by atoms with Crippen LogP contribution in [0.4, 0.5) is 13.2 Å². The molecule has 0 aliphatic heterocycles. The molecule has 11 aromatic rings. The summed E-state index contributed by atoms with van der Waals surface area (Å²) in [6.07, 6.45) is 0. The van der Waals surface area contributed by atoms with Gasteiger partial charge in [-0.3, -0.25) is 0 Å². The molecule has 75 heavy (non-hydrogen) atoms. The van der Waals surface area contributed by atoms with E-state index in [0.717, 1.165) is 42.3 Å². The summed E-state index contributed by atoms with van der Waals surface area (Å²) in [6.45, 7) is 18.6. The number of fused-ring (bicyclic) bond motifs is 6. The highest BCUT2D eigenvalue weighted by Crippen LogP contribution is 2.50. The molecule has 0 aliphatic carbocycles. The summed E-state index contributed by atoms with van der Waals surface area (Å²) in [4.78, 5) is 6.03. The molecule has 9 aromatic carbocycles. The van der Waals surface area contributed by atoms with E-state index in [-0.39, 0.29) is 66.1 Å². The van der Waals surface area contributed by atoms with Gasteiger partial charge in [0.05, 0.1) is 21.7 Å². The van der Waals surface area contributed by atoms with Crippen LogP contribution in [-0.4, -0.2) is 16.8 Å². The summed E-state index contributed by atoms with van der Waals surface area (Å²) in [5.41, 5.74) is -0.682. The Bertz CT molecular complexity index is 3440. The van der Waals surface area contributed by atoms with Crippen molar-refractivity contribution in [1.29, 1.82) is 0 Å². The number of halogens is 3. The van der Waals surface area contributed by atoms with Crippen molar-refractivity contribution in [3.8, 4) is 27.0 Å². The van der Waals surface area contributed by atoms with Crippen LogP contribution >= 0.6 is 20.9 Å². The van der Waals surface area contributed by atoms with Gasteiger partial charge in [-0.25, -0.2) is 13.2 Å². The van der Waals surface area contributed by atoms with E-state index < -0.39 is 0 Å². The third-order valence-corrected chi connectivity index (χ3v) is 18.5. The first-order valence-corrected chi connectivity index (χ1v) is 28.6. The Balaban J connectivity index is 0.000000144. The predicted molar refractivity (Wildman–Crippen MR) is 313 cm³/mol. The van der Waals surface area contributed by atoms with E-state index in [1.54, 1.807) is 12.1 Å². The Hall–Kier alpha value is -7.04. The number of ether oxygens (including phenoxy) is 3. The molecule has 0 atom stereocenters. The maximum Gasteiger partial charge on any atom is 0.187 e. The lowest BCUT2D eigenvalue weighted by Gasteiger charge is -2.22. The van der Waals surface area contributed by atoms with E-state index in [9.17, 15) is 13.2 Å². The molecule has 0 fully saturated rings. The molecule has 0 bridgehead atoms. The van der Waals surface area contributed by atoms with Crippen LogP contribution in [0.25, 0.3) is 50.1 Å². The van der Waals surface area contributed by atoms with Gasteiger partial charge >= 0.3 is 0 Å². The van der Waals surface area contributed by atoms with E-state index in [1.165, 1.54) is 64.0 Å². The monoisotopic (exact) mass is 1060 g/mol. The number of hydrogen-bond acceptors (Lipinski definition) is 3. The second-order valence-electron chi connectivity index (χ2n) is 21.0. The minimum Gasteiger partial charge on any atom is -0.488 e. The normalized spacial score (nSPS) is 11.9. The quantitative estimate of drug-likeness (QED) is 0.142. The molecule has 0 aliphatic rings. The number of hydrogen-bond donors (Lipinski definition) is 0. The van der Waals surface area contributed by atoms with Crippen LogP contribution in [0.3, 0.4) is 0 Å². The predicted octanol–water partition coefficient (Wildman–Crippen LogP) is 20.2. The minimum absolute atomic E-state index is 0.115. The van der Waals surface area contributed by atoms with Gasteiger partial charge in [-0.2, -0.15) is 0 Å². The van der Waals surface area contributed by atoms with Crippen molar-refractivity contribution in [2.24, 2.45) is 0 Å². The number of rotatable bonds is 8. The lowest BCUT2D eigenvalue weighted by molar-refractivity contribution is 0.130. The molecule has 3 nitrogen and oxygen atoms in total. The first-order valence-electron chi connectivity index (χ1n) is 25.0. The Morgan fingerprint density at radius 3 is 0.973 bits per heavy atom. The molecule has 2 aromatic heterocycles. The van der Waals surface area contributed by atoms with Crippen molar-refractivity contribution in [3.63, 3.8) is 0 Å². The highest BCUT2D eigenvalue weighted by Gasteiger charge is 2.30. The molecule has 380 valence electrons. The van der Waals surface area contributed by atoms with Gasteiger partial charge < -0.3 is 14.2 Å². The summed E-state index contributed by atoms with van der Waals surface area (Å²) >= 11 is 0. The van der Waals surface area contributed by atoms with Crippen LogP contribution in [0.5, 0.6) is 17.2 Å². The van der Waals surface area contributed by atoms with E-state index >= 15 is 0 Å². The smallest absolute Gasteiger partial charge is 0.187 e. The SMILES string of the molecule is CC(C)(C)Oc1ccc([S+](c2ccc(OC(C)(C)C)cc2)c2ccc(OC(C)(C)C)cc2)cc1.Fc1ccc(-[s+]2c3ccccc3c3ccccc32)cc1.Fc1ccc2c(c1)c1cc(F)ccc1[s+]2-c1ccccc1.